The molecule has 1 atom stereocenters. The fourth-order valence-corrected chi connectivity index (χ4v) is 3.75. The van der Waals surface area contributed by atoms with Gasteiger partial charge >= 0.3 is 0 Å². The fraction of sp³-hybridized carbons (Fsp3) is 0.579. The Balaban J connectivity index is 1.51. The maximum atomic E-state index is 12.6. The van der Waals surface area contributed by atoms with E-state index in [0.29, 0.717) is 24.6 Å². The number of benzene rings is 1. The van der Waals surface area contributed by atoms with Crippen molar-refractivity contribution in [2.75, 3.05) is 13.1 Å². The molecule has 130 valence electrons. The van der Waals surface area contributed by atoms with Crippen molar-refractivity contribution >= 4 is 11.8 Å². The first-order valence-electron chi connectivity index (χ1n) is 9.06. The second-order valence-electron chi connectivity index (χ2n) is 6.98. The van der Waals surface area contributed by atoms with Crippen LogP contribution in [0.4, 0.5) is 0 Å². The maximum Gasteiger partial charge on any atom is 0.251 e. The molecule has 24 heavy (non-hydrogen) atoms. The lowest BCUT2D eigenvalue weighted by Crippen LogP contribution is -2.40. The Kier molecular flexibility index (Phi) is 5.51. The van der Waals surface area contributed by atoms with Crippen LogP contribution in [-0.4, -0.2) is 35.8 Å². The highest BCUT2D eigenvalue weighted by Crippen LogP contribution is 2.26. The second-order valence-corrected chi connectivity index (χ2v) is 6.98. The molecule has 1 unspecified atom stereocenters. The van der Waals surface area contributed by atoms with Crippen molar-refractivity contribution in [3.63, 3.8) is 0 Å². The smallest absolute Gasteiger partial charge is 0.251 e. The molecule has 1 aromatic carbocycles. The van der Waals surface area contributed by atoms with Crippen LogP contribution in [0.5, 0.6) is 0 Å². The van der Waals surface area contributed by atoms with Gasteiger partial charge in [-0.05, 0) is 37.0 Å². The number of nitrogens with one attached hydrogen (secondary N) is 1. The van der Waals surface area contributed by atoms with Gasteiger partial charge in [-0.2, -0.15) is 0 Å². The van der Waals surface area contributed by atoms with Crippen molar-refractivity contribution in [3.05, 3.63) is 35.4 Å². The zero-order valence-electron chi connectivity index (χ0n) is 14.2. The Bertz CT molecular complexity index is 579. The summed E-state index contributed by atoms with van der Waals surface area (Å²) in [6, 6.07) is 7.42. The third kappa shape index (κ3) is 3.96. The minimum atomic E-state index is -0.0736. The van der Waals surface area contributed by atoms with E-state index in [-0.39, 0.29) is 17.9 Å². The number of hydrogen-bond acceptors (Lipinski definition) is 3. The standard InChI is InChI=1S/C19H27N3O2/c20-12-14-6-8-15(9-7-14)18(23)21-17-10-11-22(13-17)19(24)16-4-2-1-3-5-16/h6-9,16-17H,1-5,10-13,20H2,(H,21,23). The number of hydrogen-bond donors (Lipinski definition) is 2. The van der Waals surface area contributed by atoms with E-state index in [9.17, 15) is 9.59 Å². The largest absolute Gasteiger partial charge is 0.347 e. The number of likely N-dealkylation sites (tertiary alicyclic amines) is 1. The molecule has 0 bridgehead atoms. The molecule has 0 spiro atoms. The van der Waals surface area contributed by atoms with E-state index in [1.807, 2.05) is 17.0 Å². The zero-order chi connectivity index (χ0) is 16.9. The Morgan fingerprint density at radius 2 is 1.79 bits per heavy atom. The molecule has 1 aliphatic carbocycles. The molecule has 3 N–H and O–H groups in total. The minimum Gasteiger partial charge on any atom is -0.347 e. The summed E-state index contributed by atoms with van der Waals surface area (Å²) in [7, 11) is 0. The van der Waals surface area contributed by atoms with Crippen molar-refractivity contribution in [2.45, 2.75) is 51.1 Å². The number of nitrogens with two attached hydrogens (primary N) is 1. The van der Waals surface area contributed by atoms with Crippen LogP contribution >= 0.6 is 0 Å². The van der Waals surface area contributed by atoms with E-state index in [0.717, 1.165) is 31.4 Å². The van der Waals surface area contributed by atoms with Gasteiger partial charge in [-0.15, -0.1) is 0 Å². The number of carbonyl (C=O) groups excluding carboxylic acids is 2. The van der Waals surface area contributed by atoms with Crippen molar-refractivity contribution in [1.82, 2.24) is 10.2 Å². The number of carbonyl (C=O) groups is 2. The predicted octanol–water partition coefficient (Wildman–Crippen LogP) is 2.06. The van der Waals surface area contributed by atoms with E-state index in [1.54, 1.807) is 12.1 Å². The van der Waals surface area contributed by atoms with Crippen LogP contribution in [0.15, 0.2) is 24.3 Å². The topological polar surface area (TPSA) is 75.4 Å². The van der Waals surface area contributed by atoms with Crippen LogP contribution in [0.2, 0.25) is 0 Å². The van der Waals surface area contributed by atoms with Crippen molar-refractivity contribution in [3.8, 4) is 0 Å². The molecule has 1 saturated carbocycles. The summed E-state index contributed by atoms with van der Waals surface area (Å²) in [5, 5.41) is 3.06. The highest BCUT2D eigenvalue weighted by Gasteiger charge is 2.32. The van der Waals surface area contributed by atoms with Crippen molar-refractivity contribution < 1.29 is 9.59 Å². The van der Waals surface area contributed by atoms with E-state index >= 15 is 0 Å². The molecule has 5 nitrogen and oxygen atoms in total. The van der Waals surface area contributed by atoms with Gasteiger partial charge in [-0.25, -0.2) is 0 Å². The Morgan fingerprint density at radius 1 is 1.08 bits per heavy atom. The first-order valence-corrected chi connectivity index (χ1v) is 9.06. The van der Waals surface area contributed by atoms with Crippen LogP contribution < -0.4 is 11.1 Å². The molecule has 2 aliphatic rings. The van der Waals surface area contributed by atoms with Crippen molar-refractivity contribution in [2.24, 2.45) is 11.7 Å². The Morgan fingerprint density at radius 3 is 2.46 bits per heavy atom. The monoisotopic (exact) mass is 329 g/mol. The summed E-state index contributed by atoms with van der Waals surface area (Å²) in [5.41, 5.74) is 7.23. The molecule has 1 aromatic rings. The third-order valence-corrected chi connectivity index (χ3v) is 5.24. The Labute approximate surface area is 143 Å². The Hall–Kier alpha value is -1.88. The van der Waals surface area contributed by atoms with Gasteiger partial charge in [0.15, 0.2) is 0 Å². The van der Waals surface area contributed by atoms with E-state index in [1.165, 1.54) is 19.3 Å². The van der Waals surface area contributed by atoms with Gasteiger partial charge < -0.3 is 16.0 Å². The van der Waals surface area contributed by atoms with Gasteiger partial charge in [0.05, 0.1) is 0 Å². The van der Waals surface area contributed by atoms with Gasteiger partial charge in [0, 0.05) is 37.2 Å². The average molecular weight is 329 g/mol. The highest BCUT2D eigenvalue weighted by molar-refractivity contribution is 5.94. The SMILES string of the molecule is NCc1ccc(C(=O)NC2CCN(C(=O)C3CCCCC3)C2)cc1. The van der Waals surface area contributed by atoms with Gasteiger partial charge in [-0.1, -0.05) is 31.4 Å². The van der Waals surface area contributed by atoms with Crippen LogP contribution in [0, 0.1) is 5.92 Å². The van der Waals surface area contributed by atoms with Crippen LogP contribution in [0.25, 0.3) is 0 Å². The van der Waals surface area contributed by atoms with Gasteiger partial charge in [0.1, 0.15) is 0 Å². The molecule has 2 amide bonds. The summed E-state index contributed by atoms with van der Waals surface area (Å²) in [4.78, 5) is 26.8. The van der Waals surface area contributed by atoms with Gasteiger partial charge in [0.25, 0.3) is 5.91 Å². The molecule has 5 heteroatoms. The molecule has 2 fully saturated rings. The van der Waals surface area contributed by atoms with Gasteiger partial charge in [0.2, 0.25) is 5.91 Å². The minimum absolute atomic E-state index is 0.0548. The highest BCUT2D eigenvalue weighted by atomic mass is 16.2. The quantitative estimate of drug-likeness (QED) is 0.888. The first kappa shape index (κ1) is 17.0. The molecule has 0 radical (unpaired) electrons. The summed E-state index contributed by atoms with van der Waals surface area (Å²) in [6.07, 6.45) is 6.49. The van der Waals surface area contributed by atoms with E-state index in [4.69, 9.17) is 5.73 Å². The van der Waals surface area contributed by atoms with E-state index < -0.39 is 0 Å². The molecule has 1 heterocycles. The summed E-state index contributed by atoms with van der Waals surface area (Å²) in [5.74, 6) is 0.422. The molecule has 0 aromatic heterocycles. The third-order valence-electron chi connectivity index (χ3n) is 5.24. The number of nitrogens with zero attached hydrogens (tertiary/aromatic N) is 1. The van der Waals surface area contributed by atoms with Crippen LogP contribution in [-0.2, 0) is 11.3 Å². The number of amides is 2. The molecular weight excluding hydrogens is 302 g/mol. The molecule has 1 saturated heterocycles. The van der Waals surface area contributed by atoms with E-state index in [2.05, 4.69) is 5.32 Å². The summed E-state index contributed by atoms with van der Waals surface area (Å²) in [6.45, 7) is 1.87. The lowest BCUT2D eigenvalue weighted by atomic mass is 9.88. The fourth-order valence-electron chi connectivity index (χ4n) is 3.75. The lowest BCUT2D eigenvalue weighted by Gasteiger charge is -2.26. The first-order chi connectivity index (χ1) is 11.7. The lowest BCUT2D eigenvalue weighted by molar-refractivity contribution is -0.135. The maximum absolute atomic E-state index is 12.6. The van der Waals surface area contributed by atoms with Crippen LogP contribution in [0.3, 0.4) is 0 Å². The summed E-state index contributed by atoms with van der Waals surface area (Å²) < 4.78 is 0. The average Bonchev–Trinajstić information content (AvgIpc) is 3.10. The van der Waals surface area contributed by atoms with Gasteiger partial charge in [-0.3, -0.25) is 9.59 Å². The normalized spacial score (nSPS) is 21.7. The summed E-state index contributed by atoms with van der Waals surface area (Å²) >= 11 is 0. The van der Waals surface area contributed by atoms with Crippen molar-refractivity contribution in [1.29, 1.82) is 0 Å². The predicted molar refractivity (Wildman–Crippen MR) is 93.4 cm³/mol. The second kappa shape index (κ2) is 7.79. The van der Waals surface area contributed by atoms with Crippen LogP contribution in [0.1, 0.15) is 54.4 Å². The molecule has 1 aliphatic heterocycles. The number of rotatable bonds is 4. The molecular formula is C19H27N3O2. The zero-order valence-corrected chi connectivity index (χ0v) is 14.2. The molecule has 3 rings (SSSR count).